The van der Waals surface area contributed by atoms with Crippen LogP contribution >= 0.6 is 0 Å². The number of nitrogens with zero attached hydrogens (tertiary/aromatic N) is 2. The molecule has 0 aromatic carbocycles. The summed E-state index contributed by atoms with van der Waals surface area (Å²) in [4.78, 5) is 10.7. The van der Waals surface area contributed by atoms with E-state index in [1.807, 2.05) is 10.7 Å². The first kappa shape index (κ1) is 10.4. The molecule has 0 N–H and O–H groups in total. The van der Waals surface area contributed by atoms with Gasteiger partial charge < -0.3 is 0 Å². The average molecular weight is 206 g/mol. The third kappa shape index (κ3) is 2.11. The molecule has 1 saturated carbocycles. The summed E-state index contributed by atoms with van der Waals surface area (Å²) in [6, 6.07) is 1.96. The molecule has 1 fully saturated rings. The number of aldehydes is 1. The number of carbonyl (C=O) groups is 1. The first-order chi connectivity index (χ1) is 7.35. The largest absolute Gasteiger partial charge is 0.296 e. The van der Waals surface area contributed by atoms with Gasteiger partial charge >= 0.3 is 0 Å². The highest BCUT2D eigenvalue weighted by Gasteiger charge is 2.19. The molecule has 1 aliphatic carbocycles. The Hall–Kier alpha value is -1.12. The van der Waals surface area contributed by atoms with Crippen molar-refractivity contribution in [3.05, 3.63) is 17.5 Å². The summed E-state index contributed by atoms with van der Waals surface area (Å²) < 4.78 is 1.99. The second-order valence-electron chi connectivity index (χ2n) is 4.26. The van der Waals surface area contributed by atoms with Crippen molar-refractivity contribution in [1.82, 2.24) is 9.78 Å². The van der Waals surface area contributed by atoms with Gasteiger partial charge in [-0.3, -0.25) is 9.48 Å². The molecule has 1 aliphatic rings. The highest BCUT2D eigenvalue weighted by Crippen LogP contribution is 2.32. The van der Waals surface area contributed by atoms with Crippen LogP contribution in [-0.2, 0) is 6.54 Å². The quantitative estimate of drug-likeness (QED) is 0.713. The predicted octanol–water partition coefficient (Wildman–Crippen LogP) is 2.76. The van der Waals surface area contributed by atoms with Gasteiger partial charge in [-0.1, -0.05) is 19.3 Å². The van der Waals surface area contributed by atoms with Crippen LogP contribution in [-0.4, -0.2) is 16.1 Å². The normalized spacial score (nSPS) is 17.9. The molecule has 1 heterocycles. The molecule has 0 aliphatic heterocycles. The topological polar surface area (TPSA) is 34.9 Å². The zero-order chi connectivity index (χ0) is 10.7. The Morgan fingerprint density at radius 1 is 1.47 bits per heavy atom. The van der Waals surface area contributed by atoms with Crippen LogP contribution in [0.4, 0.5) is 0 Å². The van der Waals surface area contributed by atoms with Gasteiger partial charge in [-0.2, -0.15) is 5.10 Å². The third-order valence-electron chi connectivity index (χ3n) is 3.27. The van der Waals surface area contributed by atoms with E-state index in [0.717, 1.165) is 12.8 Å². The summed E-state index contributed by atoms with van der Waals surface area (Å²) in [5.74, 6) is 0.625. The Balaban J connectivity index is 2.24. The Morgan fingerprint density at radius 3 is 2.80 bits per heavy atom. The van der Waals surface area contributed by atoms with Crippen molar-refractivity contribution in [2.45, 2.75) is 51.5 Å². The summed E-state index contributed by atoms with van der Waals surface area (Å²) in [6.45, 7) is 2.94. The molecule has 82 valence electrons. The molecule has 15 heavy (non-hydrogen) atoms. The Morgan fingerprint density at radius 2 is 2.20 bits per heavy atom. The summed E-state index contributed by atoms with van der Waals surface area (Å²) in [7, 11) is 0. The molecule has 0 amide bonds. The summed E-state index contributed by atoms with van der Waals surface area (Å²) in [5.41, 5.74) is 1.84. The van der Waals surface area contributed by atoms with E-state index in [1.54, 1.807) is 0 Å². The zero-order valence-electron chi connectivity index (χ0n) is 9.28. The maximum Gasteiger partial charge on any atom is 0.170 e. The highest BCUT2D eigenvalue weighted by molar-refractivity contribution is 5.71. The van der Waals surface area contributed by atoms with Crippen molar-refractivity contribution in [2.24, 2.45) is 0 Å². The van der Waals surface area contributed by atoms with Gasteiger partial charge in [-0.15, -0.1) is 0 Å². The lowest BCUT2D eigenvalue weighted by atomic mass is 9.87. The van der Waals surface area contributed by atoms with E-state index in [1.165, 1.54) is 37.8 Å². The van der Waals surface area contributed by atoms with Gasteiger partial charge in [0.1, 0.15) is 5.69 Å². The number of hydrogen-bond donors (Lipinski definition) is 0. The lowest BCUT2D eigenvalue weighted by Crippen LogP contribution is -2.11. The minimum absolute atomic E-state index is 0.581. The number of aromatic nitrogens is 2. The molecular weight excluding hydrogens is 188 g/mol. The lowest BCUT2D eigenvalue weighted by molar-refractivity contribution is 0.111. The minimum atomic E-state index is 0.581. The molecule has 0 spiro atoms. The van der Waals surface area contributed by atoms with E-state index >= 15 is 0 Å². The van der Waals surface area contributed by atoms with Crippen molar-refractivity contribution in [1.29, 1.82) is 0 Å². The molecular formula is C12H18N2O. The maximum absolute atomic E-state index is 10.7. The molecule has 3 nitrogen and oxygen atoms in total. The number of rotatable bonds is 3. The number of hydrogen-bond acceptors (Lipinski definition) is 2. The fourth-order valence-corrected chi connectivity index (χ4v) is 2.49. The first-order valence-electron chi connectivity index (χ1n) is 5.88. The molecule has 1 aromatic rings. The van der Waals surface area contributed by atoms with Crippen molar-refractivity contribution in [2.75, 3.05) is 0 Å². The average Bonchev–Trinajstić information content (AvgIpc) is 2.73. The van der Waals surface area contributed by atoms with Gasteiger partial charge in [0.2, 0.25) is 0 Å². The van der Waals surface area contributed by atoms with Gasteiger partial charge in [0.15, 0.2) is 6.29 Å². The molecule has 0 radical (unpaired) electrons. The van der Waals surface area contributed by atoms with Gasteiger partial charge in [0.05, 0.1) is 0 Å². The predicted molar refractivity (Wildman–Crippen MR) is 59.1 cm³/mol. The fourth-order valence-electron chi connectivity index (χ4n) is 2.49. The van der Waals surface area contributed by atoms with Crippen LogP contribution < -0.4 is 0 Å². The van der Waals surface area contributed by atoms with Crippen molar-refractivity contribution >= 4 is 6.29 Å². The van der Waals surface area contributed by atoms with Crippen molar-refractivity contribution < 1.29 is 4.79 Å². The first-order valence-corrected chi connectivity index (χ1v) is 5.88. The second-order valence-corrected chi connectivity index (χ2v) is 4.26. The molecule has 2 rings (SSSR count). The van der Waals surface area contributed by atoms with E-state index in [4.69, 9.17) is 0 Å². The summed E-state index contributed by atoms with van der Waals surface area (Å²) >= 11 is 0. The SMILES string of the molecule is CCn1nc(C=O)cc1C1CCCCC1. The van der Waals surface area contributed by atoms with E-state index in [9.17, 15) is 4.79 Å². The lowest BCUT2D eigenvalue weighted by Gasteiger charge is -2.22. The van der Waals surface area contributed by atoms with Gasteiger partial charge in [-0.05, 0) is 25.8 Å². The molecule has 1 aromatic heterocycles. The van der Waals surface area contributed by atoms with Crippen LogP contribution in [0, 0.1) is 0 Å². The highest BCUT2D eigenvalue weighted by atomic mass is 16.1. The van der Waals surface area contributed by atoms with Gasteiger partial charge in [0, 0.05) is 18.2 Å². The molecule has 0 saturated heterocycles. The van der Waals surface area contributed by atoms with E-state index in [0.29, 0.717) is 11.6 Å². The second kappa shape index (κ2) is 4.60. The van der Waals surface area contributed by atoms with Crippen LogP contribution in [0.3, 0.4) is 0 Å². The monoisotopic (exact) mass is 206 g/mol. The minimum Gasteiger partial charge on any atom is -0.296 e. The van der Waals surface area contributed by atoms with Crippen LogP contribution in [0.5, 0.6) is 0 Å². The molecule has 0 bridgehead atoms. The van der Waals surface area contributed by atoms with E-state index in [2.05, 4.69) is 12.0 Å². The Bertz CT molecular complexity index is 337. The van der Waals surface area contributed by atoms with Crippen molar-refractivity contribution in [3.63, 3.8) is 0 Å². The molecule has 0 unspecified atom stereocenters. The van der Waals surface area contributed by atoms with Crippen molar-refractivity contribution in [3.8, 4) is 0 Å². The Labute approximate surface area is 90.5 Å². The van der Waals surface area contributed by atoms with Crippen LogP contribution in [0.15, 0.2) is 6.07 Å². The summed E-state index contributed by atoms with van der Waals surface area (Å²) in [5, 5.41) is 4.27. The smallest absolute Gasteiger partial charge is 0.170 e. The fraction of sp³-hybridized carbons (Fsp3) is 0.667. The Kier molecular flexibility index (Phi) is 3.19. The van der Waals surface area contributed by atoms with Crippen LogP contribution in [0.2, 0.25) is 0 Å². The standard InChI is InChI=1S/C12H18N2O/c1-2-14-12(8-11(9-15)13-14)10-6-4-3-5-7-10/h8-10H,2-7H2,1H3. The summed E-state index contributed by atoms with van der Waals surface area (Å²) in [6.07, 6.45) is 7.34. The third-order valence-corrected chi connectivity index (χ3v) is 3.27. The number of carbonyl (C=O) groups excluding carboxylic acids is 1. The molecule has 3 heteroatoms. The van der Waals surface area contributed by atoms with E-state index < -0.39 is 0 Å². The number of aryl methyl sites for hydroxylation is 1. The van der Waals surface area contributed by atoms with Gasteiger partial charge in [0.25, 0.3) is 0 Å². The van der Waals surface area contributed by atoms with Gasteiger partial charge in [-0.25, -0.2) is 0 Å². The van der Waals surface area contributed by atoms with E-state index in [-0.39, 0.29) is 0 Å². The van der Waals surface area contributed by atoms with Crippen LogP contribution in [0.1, 0.15) is 61.1 Å². The zero-order valence-corrected chi connectivity index (χ0v) is 9.28. The molecule has 0 atom stereocenters. The maximum atomic E-state index is 10.7. The van der Waals surface area contributed by atoms with Crippen LogP contribution in [0.25, 0.3) is 0 Å².